The van der Waals surface area contributed by atoms with Gasteiger partial charge in [-0.05, 0) is 61.0 Å². The van der Waals surface area contributed by atoms with Crippen LogP contribution in [0.15, 0.2) is 59.5 Å². The highest BCUT2D eigenvalue weighted by Gasteiger charge is 2.46. The zero-order chi connectivity index (χ0) is 28.6. The molecule has 39 heavy (non-hydrogen) atoms. The standard InChI is InChI=1S/C27H22ClF4N3O3S/c1-13(26(33)37)35(23(36)9-14-7-17(30)11-18(31)8-14)24-25(19-12-16(29)4-5-20(19)32)39-22-6-3-15(28)10-21(22)34(2)27(24)38/h3-8,10-13,24-25H,9H2,1-2H3,(H2,33,37)/t13-,24-,25+/m0/s1. The van der Waals surface area contributed by atoms with E-state index >= 15 is 4.39 Å². The van der Waals surface area contributed by atoms with Gasteiger partial charge in [0.05, 0.1) is 17.4 Å². The van der Waals surface area contributed by atoms with Crippen molar-refractivity contribution in [2.75, 3.05) is 11.9 Å². The van der Waals surface area contributed by atoms with Gasteiger partial charge in [-0.2, -0.15) is 0 Å². The number of hydrogen-bond donors (Lipinski definition) is 1. The third-order valence-electron chi connectivity index (χ3n) is 6.37. The van der Waals surface area contributed by atoms with E-state index < -0.39 is 64.7 Å². The molecule has 3 amide bonds. The Labute approximate surface area is 230 Å². The molecular formula is C27H22ClF4N3O3S. The van der Waals surface area contributed by atoms with Crippen LogP contribution in [0.4, 0.5) is 23.2 Å². The van der Waals surface area contributed by atoms with Crippen molar-refractivity contribution in [1.82, 2.24) is 4.90 Å². The highest BCUT2D eigenvalue weighted by molar-refractivity contribution is 7.99. The fourth-order valence-electron chi connectivity index (χ4n) is 4.46. The number of carbonyl (C=O) groups is 3. The Kier molecular flexibility index (Phi) is 8.22. The summed E-state index contributed by atoms with van der Waals surface area (Å²) < 4.78 is 57.2. The smallest absolute Gasteiger partial charge is 0.251 e. The van der Waals surface area contributed by atoms with Crippen LogP contribution >= 0.6 is 23.4 Å². The van der Waals surface area contributed by atoms with Crippen molar-refractivity contribution in [2.45, 2.75) is 35.6 Å². The number of primary amides is 1. The summed E-state index contributed by atoms with van der Waals surface area (Å²) in [5.74, 6) is -6.12. The SMILES string of the molecule is C[C@@H](C(N)=O)N(C(=O)Cc1cc(F)cc(F)c1)[C@@H]1C(=O)N(C)c2cc(Cl)ccc2S[C@@H]1c1cc(F)ccc1F. The van der Waals surface area contributed by atoms with Crippen LogP contribution in [0, 0.1) is 23.3 Å². The minimum Gasteiger partial charge on any atom is -0.368 e. The molecule has 1 aliphatic heterocycles. The first kappa shape index (κ1) is 28.4. The molecule has 0 saturated heterocycles. The van der Waals surface area contributed by atoms with Crippen LogP contribution in [0.25, 0.3) is 0 Å². The number of halogens is 5. The molecule has 1 heterocycles. The van der Waals surface area contributed by atoms with Crippen molar-refractivity contribution >= 4 is 46.8 Å². The summed E-state index contributed by atoms with van der Waals surface area (Å²) >= 11 is 7.13. The number of hydrogen-bond acceptors (Lipinski definition) is 4. The third kappa shape index (κ3) is 5.89. The number of nitrogens with zero attached hydrogens (tertiary/aromatic N) is 2. The summed E-state index contributed by atoms with van der Waals surface area (Å²) in [4.78, 5) is 42.6. The molecule has 2 N–H and O–H groups in total. The van der Waals surface area contributed by atoms with Gasteiger partial charge in [0.25, 0.3) is 5.91 Å². The first-order valence-corrected chi connectivity index (χ1v) is 12.9. The summed E-state index contributed by atoms with van der Waals surface area (Å²) in [6.07, 6.45) is -0.610. The first-order valence-electron chi connectivity index (χ1n) is 11.6. The Hall–Kier alpha value is -3.57. The number of fused-ring (bicyclic) bond motifs is 1. The fraction of sp³-hybridized carbons (Fsp3) is 0.222. The first-order chi connectivity index (χ1) is 18.4. The van der Waals surface area contributed by atoms with E-state index in [1.54, 1.807) is 12.1 Å². The summed E-state index contributed by atoms with van der Waals surface area (Å²) in [5.41, 5.74) is 5.59. The van der Waals surface area contributed by atoms with E-state index in [9.17, 15) is 27.6 Å². The zero-order valence-corrected chi connectivity index (χ0v) is 22.2. The number of nitrogens with two attached hydrogens (primary N) is 1. The Balaban J connectivity index is 1.91. The maximum atomic E-state index is 15.2. The van der Waals surface area contributed by atoms with Crippen molar-refractivity contribution in [3.8, 4) is 0 Å². The normalized spacial score (nSPS) is 17.8. The van der Waals surface area contributed by atoms with Gasteiger partial charge in [0.15, 0.2) is 0 Å². The van der Waals surface area contributed by atoms with Gasteiger partial charge in [0.1, 0.15) is 35.4 Å². The third-order valence-corrected chi connectivity index (χ3v) is 7.97. The van der Waals surface area contributed by atoms with Gasteiger partial charge in [-0.25, -0.2) is 17.6 Å². The lowest BCUT2D eigenvalue weighted by Gasteiger charge is -2.38. The topological polar surface area (TPSA) is 83.7 Å². The Morgan fingerprint density at radius 2 is 1.69 bits per heavy atom. The van der Waals surface area contributed by atoms with Gasteiger partial charge < -0.3 is 15.5 Å². The van der Waals surface area contributed by atoms with E-state index in [0.717, 1.165) is 47.0 Å². The lowest BCUT2D eigenvalue weighted by molar-refractivity contribution is -0.145. The van der Waals surface area contributed by atoms with Crippen molar-refractivity contribution in [3.63, 3.8) is 0 Å². The van der Waals surface area contributed by atoms with Gasteiger partial charge in [0.2, 0.25) is 11.8 Å². The molecular weight excluding hydrogens is 558 g/mol. The molecule has 4 rings (SSSR count). The van der Waals surface area contributed by atoms with E-state index in [0.29, 0.717) is 21.7 Å². The molecule has 0 aliphatic carbocycles. The van der Waals surface area contributed by atoms with E-state index in [1.807, 2.05) is 0 Å². The number of thioether (sulfide) groups is 1. The molecule has 0 fully saturated rings. The molecule has 0 saturated carbocycles. The maximum Gasteiger partial charge on any atom is 0.251 e. The minimum atomic E-state index is -1.59. The van der Waals surface area contributed by atoms with Crippen LogP contribution in [0.1, 0.15) is 23.3 Å². The molecule has 6 nitrogen and oxygen atoms in total. The summed E-state index contributed by atoms with van der Waals surface area (Å²) in [7, 11) is 1.41. The average Bonchev–Trinajstić information content (AvgIpc) is 2.95. The largest absolute Gasteiger partial charge is 0.368 e. The van der Waals surface area contributed by atoms with Gasteiger partial charge in [-0.1, -0.05) is 11.6 Å². The molecule has 12 heteroatoms. The number of anilines is 1. The number of rotatable bonds is 6. The van der Waals surface area contributed by atoms with E-state index in [2.05, 4.69) is 0 Å². The van der Waals surface area contributed by atoms with Crippen LogP contribution in [-0.4, -0.2) is 41.8 Å². The zero-order valence-electron chi connectivity index (χ0n) is 20.6. The number of benzene rings is 3. The summed E-state index contributed by atoms with van der Waals surface area (Å²) in [6, 6.07) is 6.86. The lowest BCUT2D eigenvalue weighted by Crippen LogP contribution is -2.58. The molecule has 3 aromatic rings. The number of likely N-dealkylation sites (N-methyl/N-ethyl adjacent to an activating group) is 1. The molecule has 0 radical (unpaired) electrons. The molecule has 3 aromatic carbocycles. The fourth-order valence-corrected chi connectivity index (χ4v) is 6.05. The van der Waals surface area contributed by atoms with E-state index in [1.165, 1.54) is 24.9 Å². The van der Waals surface area contributed by atoms with Crippen LogP contribution in [0.3, 0.4) is 0 Å². The highest BCUT2D eigenvalue weighted by atomic mass is 35.5. The molecule has 3 atom stereocenters. The van der Waals surface area contributed by atoms with Crippen LogP contribution < -0.4 is 10.6 Å². The molecule has 0 spiro atoms. The molecule has 0 bridgehead atoms. The molecule has 204 valence electrons. The van der Waals surface area contributed by atoms with Crippen molar-refractivity contribution in [2.24, 2.45) is 5.73 Å². The van der Waals surface area contributed by atoms with Crippen LogP contribution in [0.2, 0.25) is 5.02 Å². The van der Waals surface area contributed by atoms with Gasteiger partial charge in [-0.3, -0.25) is 14.4 Å². The van der Waals surface area contributed by atoms with Gasteiger partial charge >= 0.3 is 0 Å². The average molecular weight is 580 g/mol. The quantitative estimate of drug-likeness (QED) is 0.416. The summed E-state index contributed by atoms with van der Waals surface area (Å²) in [6.45, 7) is 1.28. The van der Waals surface area contributed by atoms with Crippen molar-refractivity contribution in [3.05, 3.63) is 94.0 Å². The maximum absolute atomic E-state index is 15.2. The number of carbonyl (C=O) groups excluding carboxylic acids is 3. The van der Waals surface area contributed by atoms with Gasteiger partial charge in [0, 0.05) is 28.6 Å². The lowest BCUT2D eigenvalue weighted by atomic mass is 9.98. The van der Waals surface area contributed by atoms with E-state index in [-0.39, 0.29) is 11.1 Å². The highest BCUT2D eigenvalue weighted by Crippen LogP contribution is 2.48. The predicted molar refractivity (Wildman–Crippen MR) is 139 cm³/mol. The van der Waals surface area contributed by atoms with Gasteiger partial charge in [-0.15, -0.1) is 11.8 Å². The predicted octanol–water partition coefficient (Wildman–Crippen LogP) is 5.02. The second-order valence-electron chi connectivity index (χ2n) is 8.99. The molecule has 0 unspecified atom stereocenters. The Bertz CT molecular complexity index is 1450. The second-order valence-corrected chi connectivity index (χ2v) is 10.6. The van der Waals surface area contributed by atoms with Crippen LogP contribution in [-0.2, 0) is 20.8 Å². The van der Waals surface area contributed by atoms with Crippen LogP contribution in [0.5, 0.6) is 0 Å². The Morgan fingerprint density at radius 1 is 1.03 bits per heavy atom. The summed E-state index contributed by atoms with van der Waals surface area (Å²) in [5, 5.41) is -0.958. The molecule has 0 aromatic heterocycles. The van der Waals surface area contributed by atoms with E-state index in [4.69, 9.17) is 17.3 Å². The monoisotopic (exact) mass is 579 g/mol. The Morgan fingerprint density at radius 3 is 2.33 bits per heavy atom. The molecule has 1 aliphatic rings. The second kappa shape index (κ2) is 11.3. The minimum absolute atomic E-state index is 0.0650. The van der Waals surface area contributed by atoms with Crippen molar-refractivity contribution < 1.29 is 31.9 Å². The van der Waals surface area contributed by atoms with Crippen molar-refractivity contribution in [1.29, 1.82) is 0 Å². The number of amides is 3.